The van der Waals surface area contributed by atoms with Crippen LogP contribution in [-0.4, -0.2) is 34.9 Å². The van der Waals surface area contributed by atoms with Crippen LogP contribution in [0.4, 0.5) is 11.4 Å². The van der Waals surface area contributed by atoms with E-state index in [1.807, 2.05) is 0 Å². The summed E-state index contributed by atoms with van der Waals surface area (Å²) in [5.41, 5.74) is 11.4. The number of nitro groups is 1. The number of nitrogens with two attached hydrogens (primary N) is 2. The largest absolute Gasteiger partial charge is 0.393 e. The van der Waals surface area contributed by atoms with Crippen LogP contribution in [0.25, 0.3) is 0 Å². The monoisotopic (exact) mass is 328 g/mol. The van der Waals surface area contributed by atoms with E-state index in [9.17, 15) is 14.9 Å². The van der Waals surface area contributed by atoms with Crippen molar-refractivity contribution in [1.29, 1.82) is 0 Å². The molecule has 4 N–H and O–H groups in total. The zero-order chi connectivity index (χ0) is 15.6. The number of carbonyl (C=O) groups excluding carboxylic acids is 1. The third-order valence-corrected chi connectivity index (χ3v) is 3.99. The predicted molar refractivity (Wildman–Crippen MR) is 87.0 cm³/mol. The van der Waals surface area contributed by atoms with E-state index in [-0.39, 0.29) is 41.3 Å². The van der Waals surface area contributed by atoms with Gasteiger partial charge in [-0.3, -0.25) is 14.9 Å². The highest BCUT2D eigenvalue weighted by Gasteiger charge is 2.30. The third-order valence-electron chi connectivity index (χ3n) is 3.99. The number of anilines is 1. The van der Waals surface area contributed by atoms with Gasteiger partial charge in [-0.05, 0) is 30.9 Å². The number of nitrogen functional groups attached to an aromatic ring is 1. The van der Waals surface area contributed by atoms with Gasteiger partial charge in [0.1, 0.15) is 5.69 Å². The Kier molecular flexibility index (Phi) is 6.13. The minimum atomic E-state index is -0.579. The zero-order valence-corrected chi connectivity index (χ0v) is 13.2. The molecule has 0 saturated carbocycles. The maximum Gasteiger partial charge on any atom is 0.292 e. The smallest absolute Gasteiger partial charge is 0.292 e. The maximum absolute atomic E-state index is 12.6. The standard InChI is InChI=1S/C14H20N4O3.ClH/c1-9-4-5-17(11(6-9)8-15)14(19)10-2-3-12(16)13(7-10)18(20)21;/h2-3,7,9,11H,4-6,8,15-16H2,1H3;1H. The SMILES string of the molecule is CC1CCN(C(=O)c2ccc(N)c([N+](=O)[O-])c2)C(CN)C1.Cl. The van der Waals surface area contributed by atoms with Crippen LogP contribution < -0.4 is 11.5 Å². The molecule has 0 spiro atoms. The molecule has 2 rings (SSSR count). The second-order valence-corrected chi connectivity index (χ2v) is 5.55. The summed E-state index contributed by atoms with van der Waals surface area (Å²) in [7, 11) is 0. The van der Waals surface area contributed by atoms with Crippen LogP contribution in [0.5, 0.6) is 0 Å². The van der Waals surface area contributed by atoms with E-state index in [4.69, 9.17) is 11.5 Å². The quantitative estimate of drug-likeness (QED) is 0.498. The summed E-state index contributed by atoms with van der Waals surface area (Å²) in [5.74, 6) is 0.309. The molecule has 8 heteroatoms. The Hall–Kier alpha value is -1.86. The van der Waals surface area contributed by atoms with Crippen LogP contribution in [0.1, 0.15) is 30.1 Å². The molecule has 0 bridgehead atoms. The molecule has 122 valence electrons. The molecule has 2 atom stereocenters. The first-order valence-electron chi connectivity index (χ1n) is 6.99. The Morgan fingerprint density at radius 2 is 2.18 bits per heavy atom. The minimum absolute atomic E-state index is 0. The summed E-state index contributed by atoms with van der Waals surface area (Å²) in [5, 5.41) is 10.9. The summed E-state index contributed by atoms with van der Waals surface area (Å²) >= 11 is 0. The summed E-state index contributed by atoms with van der Waals surface area (Å²) in [4.78, 5) is 24.6. The average Bonchev–Trinajstić information content (AvgIpc) is 2.46. The topological polar surface area (TPSA) is 115 Å². The first kappa shape index (κ1) is 18.2. The summed E-state index contributed by atoms with van der Waals surface area (Å²) < 4.78 is 0. The molecule has 1 heterocycles. The maximum atomic E-state index is 12.6. The van der Waals surface area contributed by atoms with Gasteiger partial charge in [0.25, 0.3) is 11.6 Å². The van der Waals surface area contributed by atoms with Gasteiger partial charge in [-0.2, -0.15) is 0 Å². The van der Waals surface area contributed by atoms with Crippen molar-refractivity contribution >= 4 is 29.7 Å². The van der Waals surface area contributed by atoms with Gasteiger partial charge in [0.15, 0.2) is 0 Å². The molecular weight excluding hydrogens is 308 g/mol. The third kappa shape index (κ3) is 3.66. The van der Waals surface area contributed by atoms with Gasteiger partial charge in [-0.25, -0.2) is 0 Å². The molecule has 7 nitrogen and oxygen atoms in total. The molecule has 1 aromatic rings. The molecule has 1 aliphatic rings. The van der Waals surface area contributed by atoms with E-state index >= 15 is 0 Å². The van der Waals surface area contributed by atoms with Crippen LogP contribution in [0.2, 0.25) is 0 Å². The minimum Gasteiger partial charge on any atom is -0.393 e. The van der Waals surface area contributed by atoms with Crippen molar-refractivity contribution in [2.45, 2.75) is 25.8 Å². The van der Waals surface area contributed by atoms with Crippen LogP contribution in [-0.2, 0) is 0 Å². The Bertz CT molecular complexity index is 567. The van der Waals surface area contributed by atoms with Crippen LogP contribution in [0.3, 0.4) is 0 Å². The summed E-state index contributed by atoms with van der Waals surface area (Å²) in [6.45, 7) is 3.16. The van der Waals surface area contributed by atoms with Gasteiger partial charge in [0, 0.05) is 30.8 Å². The number of carbonyl (C=O) groups is 1. The lowest BCUT2D eigenvalue weighted by molar-refractivity contribution is -0.383. The van der Waals surface area contributed by atoms with Crippen molar-refractivity contribution in [3.05, 3.63) is 33.9 Å². The fourth-order valence-corrected chi connectivity index (χ4v) is 2.74. The number of hydrogen-bond donors (Lipinski definition) is 2. The van der Waals surface area contributed by atoms with Crippen molar-refractivity contribution < 1.29 is 9.72 Å². The predicted octanol–water partition coefficient (Wildman–Crippen LogP) is 1.80. The van der Waals surface area contributed by atoms with Crippen molar-refractivity contribution in [2.75, 3.05) is 18.8 Å². The Morgan fingerprint density at radius 3 is 2.77 bits per heavy atom. The van der Waals surface area contributed by atoms with Crippen molar-refractivity contribution in [3.63, 3.8) is 0 Å². The molecule has 1 aliphatic heterocycles. The van der Waals surface area contributed by atoms with E-state index in [1.165, 1.54) is 18.2 Å². The molecular formula is C14H21ClN4O3. The summed E-state index contributed by atoms with van der Waals surface area (Å²) in [6, 6.07) is 4.15. The van der Waals surface area contributed by atoms with E-state index in [0.29, 0.717) is 19.0 Å². The van der Waals surface area contributed by atoms with Crippen molar-refractivity contribution in [2.24, 2.45) is 11.7 Å². The van der Waals surface area contributed by atoms with Crippen molar-refractivity contribution in [3.8, 4) is 0 Å². The Labute approximate surface area is 135 Å². The Balaban J connectivity index is 0.00000242. The molecule has 0 aromatic heterocycles. The molecule has 1 fully saturated rings. The number of likely N-dealkylation sites (tertiary alicyclic amines) is 1. The highest BCUT2D eigenvalue weighted by atomic mass is 35.5. The highest BCUT2D eigenvalue weighted by Crippen LogP contribution is 2.27. The van der Waals surface area contributed by atoms with E-state index in [0.717, 1.165) is 12.8 Å². The van der Waals surface area contributed by atoms with Crippen LogP contribution in [0.15, 0.2) is 18.2 Å². The van der Waals surface area contributed by atoms with E-state index < -0.39 is 4.92 Å². The lowest BCUT2D eigenvalue weighted by Crippen LogP contribution is -2.49. The second kappa shape index (κ2) is 7.42. The number of halogens is 1. The molecule has 22 heavy (non-hydrogen) atoms. The lowest BCUT2D eigenvalue weighted by atomic mass is 9.92. The van der Waals surface area contributed by atoms with E-state index in [2.05, 4.69) is 6.92 Å². The normalized spacial score (nSPS) is 21.1. The first-order valence-corrected chi connectivity index (χ1v) is 6.99. The van der Waals surface area contributed by atoms with Gasteiger partial charge >= 0.3 is 0 Å². The van der Waals surface area contributed by atoms with Crippen LogP contribution in [0, 0.1) is 16.0 Å². The van der Waals surface area contributed by atoms with Crippen LogP contribution >= 0.6 is 12.4 Å². The van der Waals surface area contributed by atoms with Gasteiger partial charge in [-0.15, -0.1) is 12.4 Å². The molecule has 0 radical (unpaired) electrons. The number of piperidine rings is 1. The number of amides is 1. The molecule has 2 unspecified atom stereocenters. The van der Waals surface area contributed by atoms with Crippen molar-refractivity contribution in [1.82, 2.24) is 4.90 Å². The van der Waals surface area contributed by atoms with Gasteiger partial charge in [-0.1, -0.05) is 6.92 Å². The fourth-order valence-electron chi connectivity index (χ4n) is 2.74. The van der Waals surface area contributed by atoms with Gasteiger partial charge in [0.05, 0.1) is 4.92 Å². The number of hydrogen-bond acceptors (Lipinski definition) is 5. The van der Waals surface area contributed by atoms with Gasteiger partial charge < -0.3 is 16.4 Å². The fraction of sp³-hybridized carbons (Fsp3) is 0.500. The average molecular weight is 329 g/mol. The molecule has 1 saturated heterocycles. The summed E-state index contributed by atoms with van der Waals surface area (Å²) in [6.07, 6.45) is 1.78. The number of nitrogens with zero attached hydrogens (tertiary/aromatic N) is 2. The van der Waals surface area contributed by atoms with E-state index in [1.54, 1.807) is 4.90 Å². The number of benzene rings is 1. The van der Waals surface area contributed by atoms with Gasteiger partial charge in [0.2, 0.25) is 0 Å². The molecule has 0 aliphatic carbocycles. The number of rotatable bonds is 3. The highest BCUT2D eigenvalue weighted by molar-refractivity contribution is 5.96. The molecule has 1 aromatic carbocycles. The number of nitro benzene ring substituents is 1. The molecule has 1 amide bonds. The second-order valence-electron chi connectivity index (χ2n) is 5.55. The lowest BCUT2D eigenvalue weighted by Gasteiger charge is -2.38. The zero-order valence-electron chi connectivity index (χ0n) is 12.4. The Morgan fingerprint density at radius 1 is 1.50 bits per heavy atom. The first-order chi connectivity index (χ1) is 9.93.